The molecule has 2 aromatic heterocycles. The Morgan fingerprint density at radius 3 is 2.67 bits per heavy atom. The molecule has 0 radical (unpaired) electrons. The van der Waals surface area contributed by atoms with Gasteiger partial charge in [0.25, 0.3) is 5.89 Å². The molecule has 0 atom stereocenters. The SMILES string of the molecule is CNc1ncccc1-c1noc(/C(=C\c2ccc(C)c(C)c2)c2cccc(Cl)c2)n1. The second-order valence-corrected chi connectivity index (χ2v) is 7.42. The predicted molar refractivity (Wildman–Crippen MR) is 121 cm³/mol. The van der Waals surface area contributed by atoms with E-state index in [1.54, 1.807) is 6.20 Å². The number of nitrogens with one attached hydrogen (secondary N) is 1. The fourth-order valence-corrected chi connectivity index (χ4v) is 3.36. The molecular weight excluding hydrogens is 396 g/mol. The number of rotatable bonds is 5. The summed E-state index contributed by atoms with van der Waals surface area (Å²) in [7, 11) is 1.81. The van der Waals surface area contributed by atoms with E-state index in [1.165, 1.54) is 11.1 Å². The van der Waals surface area contributed by atoms with Crippen molar-refractivity contribution >= 4 is 29.1 Å². The van der Waals surface area contributed by atoms with Crippen molar-refractivity contribution in [2.75, 3.05) is 12.4 Å². The van der Waals surface area contributed by atoms with Gasteiger partial charge in [0, 0.05) is 23.8 Å². The molecule has 2 aromatic carbocycles. The third kappa shape index (κ3) is 4.11. The number of anilines is 1. The van der Waals surface area contributed by atoms with E-state index in [-0.39, 0.29) is 0 Å². The van der Waals surface area contributed by atoms with Gasteiger partial charge in [0.15, 0.2) is 0 Å². The highest BCUT2D eigenvalue weighted by atomic mass is 35.5. The van der Waals surface area contributed by atoms with E-state index in [2.05, 4.69) is 52.5 Å². The molecule has 2 heterocycles. The number of hydrogen-bond donors (Lipinski definition) is 1. The smallest absolute Gasteiger partial charge is 0.258 e. The zero-order valence-electron chi connectivity index (χ0n) is 17.0. The minimum Gasteiger partial charge on any atom is -0.373 e. The minimum atomic E-state index is 0.413. The predicted octanol–water partition coefficient (Wildman–Crippen LogP) is 6.03. The number of benzene rings is 2. The Labute approximate surface area is 180 Å². The zero-order chi connectivity index (χ0) is 21.1. The lowest BCUT2D eigenvalue weighted by Gasteiger charge is -2.06. The van der Waals surface area contributed by atoms with Gasteiger partial charge in [0.1, 0.15) is 5.82 Å². The van der Waals surface area contributed by atoms with Crippen LogP contribution in [-0.4, -0.2) is 22.2 Å². The number of aromatic nitrogens is 3. The van der Waals surface area contributed by atoms with Gasteiger partial charge < -0.3 is 9.84 Å². The van der Waals surface area contributed by atoms with Crippen LogP contribution < -0.4 is 5.32 Å². The number of hydrogen-bond acceptors (Lipinski definition) is 5. The van der Waals surface area contributed by atoms with Crippen molar-refractivity contribution in [1.29, 1.82) is 0 Å². The Morgan fingerprint density at radius 2 is 1.90 bits per heavy atom. The van der Waals surface area contributed by atoms with E-state index in [4.69, 9.17) is 16.1 Å². The summed E-state index contributed by atoms with van der Waals surface area (Å²) in [5.74, 6) is 1.57. The molecule has 4 aromatic rings. The number of nitrogens with zero attached hydrogens (tertiary/aromatic N) is 3. The Morgan fingerprint density at radius 1 is 1.03 bits per heavy atom. The molecule has 4 rings (SSSR count). The summed E-state index contributed by atoms with van der Waals surface area (Å²) in [5, 5.41) is 7.90. The van der Waals surface area contributed by atoms with Crippen molar-refractivity contribution in [3.8, 4) is 11.4 Å². The first-order valence-corrected chi connectivity index (χ1v) is 9.95. The van der Waals surface area contributed by atoms with Crippen LogP contribution in [-0.2, 0) is 0 Å². The van der Waals surface area contributed by atoms with Gasteiger partial charge in [-0.15, -0.1) is 0 Å². The lowest BCUT2D eigenvalue weighted by atomic mass is 10.0. The lowest BCUT2D eigenvalue weighted by molar-refractivity contribution is 0.409. The zero-order valence-corrected chi connectivity index (χ0v) is 17.7. The highest BCUT2D eigenvalue weighted by molar-refractivity contribution is 6.30. The standard InChI is InChI=1S/C24H21ClN4O/c1-15-9-10-17(12-16(15)2)13-21(18-6-4-7-19(25)14-18)24-28-23(29-30-24)20-8-5-11-27-22(20)26-3/h4-14H,1-3H3,(H,26,27)/b21-13-. The third-order valence-corrected chi connectivity index (χ3v) is 5.15. The summed E-state index contributed by atoms with van der Waals surface area (Å²) >= 11 is 6.26. The van der Waals surface area contributed by atoms with Crippen molar-refractivity contribution in [3.05, 3.63) is 94.0 Å². The lowest BCUT2D eigenvalue weighted by Crippen LogP contribution is -1.96. The van der Waals surface area contributed by atoms with E-state index < -0.39 is 0 Å². The minimum absolute atomic E-state index is 0.413. The van der Waals surface area contributed by atoms with Crippen molar-refractivity contribution in [2.45, 2.75) is 13.8 Å². The Balaban J connectivity index is 1.84. The molecule has 0 bridgehead atoms. The number of halogens is 1. The average Bonchev–Trinajstić information content (AvgIpc) is 3.24. The second kappa shape index (κ2) is 8.51. The molecule has 0 amide bonds. The first-order chi connectivity index (χ1) is 14.5. The first-order valence-electron chi connectivity index (χ1n) is 9.57. The molecule has 0 aliphatic carbocycles. The summed E-state index contributed by atoms with van der Waals surface area (Å²) in [6, 6.07) is 17.7. The molecule has 0 unspecified atom stereocenters. The van der Waals surface area contributed by atoms with Crippen molar-refractivity contribution < 1.29 is 4.52 Å². The molecule has 0 spiro atoms. The van der Waals surface area contributed by atoms with Crippen LogP contribution in [0.1, 0.15) is 28.1 Å². The van der Waals surface area contributed by atoms with E-state index >= 15 is 0 Å². The molecule has 150 valence electrons. The van der Waals surface area contributed by atoms with E-state index in [1.807, 2.05) is 49.5 Å². The van der Waals surface area contributed by atoms with Crippen LogP contribution in [0.25, 0.3) is 23.0 Å². The largest absolute Gasteiger partial charge is 0.373 e. The maximum absolute atomic E-state index is 6.26. The van der Waals surface area contributed by atoms with Crippen molar-refractivity contribution in [1.82, 2.24) is 15.1 Å². The Hall–Kier alpha value is -3.44. The fourth-order valence-electron chi connectivity index (χ4n) is 3.17. The Bertz CT molecular complexity index is 1230. The van der Waals surface area contributed by atoms with Gasteiger partial charge >= 0.3 is 0 Å². The summed E-state index contributed by atoms with van der Waals surface area (Å²) in [6.45, 7) is 4.19. The van der Waals surface area contributed by atoms with E-state index in [0.29, 0.717) is 22.6 Å². The number of pyridine rings is 1. The van der Waals surface area contributed by atoms with Crippen molar-refractivity contribution in [3.63, 3.8) is 0 Å². The third-order valence-electron chi connectivity index (χ3n) is 4.92. The summed E-state index contributed by atoms with van der Waals surface area (Å²) < 4.78 is 5.67. The molecule has 1 N–H and O–H groups in total. The Kier molecular flexibility index (Phi) is 5.63. The molecule has 30 heavy (non-hydrogen) atoms. The van der Waals surface area contributed by atoms with Crippen LogP contribution in [0.15, 0.2) is 65.3 Å². The monoisotopic (exact) mass is 416 g/mol. The van der Waals surface area contributed by atoms with Crippen LogP contribution in [0, 0.1) is 13.8 Å². The van der Waals surface area contributed by atoms with Crippen LogP contribution in [0.4, 0.5) is 5.82 Å². The van der Waals surface area contributed by atoms with E-state index in [0.717, 1.165) is 22.3 Å². The van der Waals surface area contributed by atoms with Gasteiger partial charge in [0.2, 0.25) is 5.82 Å². The molecule has 0 saturated heterocycles. The molecule has 0 aliphatic heterocycles. The summed E-state index contributed by atoms with van der Waals surface area (Å²) in [6.07, 6.45) is 3.75. The highest BCUT2D eigenvalue weighted by Gasteiger charge is 2.17. The summed E-state index contributed by atoms with van der Waals surface area (Å²) in [4.78, 5) is 8.98. The van der Waals surface area contributed by atoms with Gasteiger partial charge in [0.05, 0.1) is 5.56 Å². The number of aryl methyl sites for hydroxylation is 2. The molecule has 0 aliphatic rings. The van der Waals surface area contributed by atoms with Crippen LogP contribution in [0.5, 0.6) is 0 Å². The topological polar surface area (TPSA) is 63.8 Å². The van der Waals surface area contributed by atoms with Gasteiger partial charge in [-0.3, -0.25) is 0 Å². The fraction of sp³-hybridized carbons (Fsp3) is 0.125. The van der Waals surface area contributed by atoms with Crippen molar-refractivity contribution in [2.24, 2.45) is 0 Å². The van der Waals surface area contributed by atoms with Gasteiger partial charge in [-0.05, 0) is 66.4 Å². The van der Waals surface area contributed by atoms with Gasteiger partial charge in [-0.25, -0.2) is 4.98 Å². The quantitative estimate of drug-likeness (QED) is 0.402. The van der Waals surface area contributed by atoms with Gasteiger partial charge in [-0.2, -0.15) is 4.98 Å². The normalized spacial score (nSPS) is 11.5. The maximum Gasteiger partial charge on any atom is 0.258 e. The van der Waals surface area contributed by atoms with Crippen LogP contribution in [0.2, 0.25) is 5.02 Å². The maximum atomic E-state index is 6.26. The van der Waals surface area contributed by atoms with Crippen LogP contribution >= 0.6 is 11.6 Å². The highest BCUT2D eigenvalue weighted by Crippen LogP contribution is 2.30. The molecule has 5 nitrogen and oxygen atoms in total. The molecule has 6 heteroatoms. The van der Waals surface area contributed by atoms with E-state index in [9.17, 15) is 0 Å². The average molecular weight is 417 g/mol. The molecule has 0 fully saturated rings. The summed E-state index contributed by atoms with van der Waals surface area (Å²) in [5.41, 5.74) is 5.98. The van der Waals surface area contributed by atoms with Gasteiger partial charge in [-0.1, -0.05) is 47.1 Å². The first kappa shape index (κ1) is 19.9. The molecular formula is C24H21ClN4O. The molecule has 0 saturated carbocycles. The van der Waals surface area contributed by atoms with Crippen LogP contribution in [0.3, 0.4) is 0 Å². The second-order valence-electron chi connectivity index (χ2n) is 6.98.